The number of aliphatic hydroxyl groups excluding tert-OH is 1. The number of fused-ring (bicyclic) bond motifs is 1. The Morgan fingerprint density at radius 3 is 2.90 bits per heavy atom. The minimum absolute atomic E-state index is 0.346. The van der Waals surface area contributed by atoms with Gasteiger partial charge in [-0.25, -0.2) is 0 Å². The fourth-order valence-electron chi connectivity index (χ4n) is 3.00. The number of carbonyl (C=O) groups is 1. The molecule has 2 aliphatic rings. The van der Waals surface area contributed by atoms with E-state index in [1.165, 1.54) is 12.8 Å². The van der Waals surface area contributed by atoms with Crippen molar-refractivity contribution >= 4 is 17.3 Å². The number of amides is 1. The summed E-state index contributed by atoms with van der Waals surface area (Å²) in [6.45, 7) is 3.74. The Morgan fingerprint density at radius 1 is 1.48 bits per heavy atom. The molecule has 1 amide bonds. The fraction of sp³-hybridized carbons (Fsp3) is 0.562. The van der Waals surface area contributed by atoms with Crippen LogP contribution in [0.4, 0.5) is 11.4 Å². The van der Waals surface area contributed by atoms with Crippen LogP contribution in [0.25, 0.3) is 0 Å². The minimum atomic E-state index is -1.04. The second kappa shape index (κ2) is 5.66. The van der Waals surface area contributed by atoms with Gasteiger partial charge in [-0.3, -0.25) is 4.79 Å². The molecule has 1 heterocycles. The van der Waals surface area contributed by atoms with Gasteiger partial charge in [-0.1, -0.05) is 6.07 Å². The lowest BCUT2D eigenvalue weighted by Gasteiger charge is -2.31. The van der Waals surface area contributed by atoms with E-state index in [0.29, 0.717) is 18.2 Å². The van der Waals surface area contributed by atoms with E-state index in [9.17, 15) is 9.90 Å². The van der Waals surface area contributed by atoms with E-state index in [0.717, 1.165) is 23.8 Å². The van der Waals surface area contributed by atoms with Crippen LogP contribution in [0.15, 0.2) is 18.2 Å². The Bertz CT molecular complexity index is 542. The van der Waals surface area contributed by atoms with Crippen LogP contribution in [0.2, 0.25) is 0 Å². The standard InChI is InChI=1S/C16H22N2O3/c1-10(11-3-4-11)18(7-8-21-2)12-5-6-13-14(9-12)17-16(20)15(13)19/h5-6,9-11,15,19H,3-4,7-8H2,1-2H3,(H,17,20). The molecule has 5 nitrogen and oxygen atoms in total. The number of nitrogens with one attached hydrogen (secondary N) is 1. The normalized spacial score (nSPS) is 21.9. The van der Waals surface area contributed by atoms with Gasteiger partial charge in [0, 0.05) is 36.6 Å². The highest BCUT2D eigenvalue weighted by Crippen LogP contribution is 2.39. The topological polar surface area (TPSA) is 61.8 Å². The van der Waals surface area contributed by atoms with E-state index in [1.54, 1.807) is 7.11 Å². The summed E-state index contributed by atoms with van der Waals surface area (Å²) in [6.07, 6.45) is 1.53. The molecule has 5 heteroatoms. The maximum atomic E-state index is 11.5. The Kier molecular flexibility index (Phi) is 3.87. The molecule has 1 saturated carbocycles. The molecule has 0 bridgehead atoms. The van der Waals surface area contributed by atoms with Gasteiger partial charge in [-0.05, 0) is 37.8 Å². The molecular weight excluding hydrogens is 268 g/mol. The van der Waals surface area contributed by atoms with Crippen molar-refractivity contribution in [3.63, 3.8) is 0 Å². The Morgan fingerprint density at radius 2 is 2.24 bits per heavy atom. The first-order valence-corrected chi connectivity index (χ1v) is 7.50. The number of nitrogens with zero attached hydrogens (tertiary/aromatic N) is 1. The van der Waals surface area contributed by atoms with E-state index < -0.39 is 6.10 Å². The number of carbonyl (C=O) groups excluding carboxylic acids is 1. The zero-order chi connectivity index (χ0) is 15.0. The predicted molar refractivity (Wildman–Crippen MR) is 81.4 cm³/mol. The Balaban J connectivity index is 1.85. The number of rotatable bonds is 6. The molecule has 2 unspecified atom stereocenters. The van der Waals surface area contributed by atoms with Crippen molar-refractivity contribution in [2.24, 2.45) is 5.92 Å². The third-order valence-corrected chi connectivity index (χ3v) is 4.50. The fourth-order valence-corrected chi connectivity index (χ4v) is 3.00. The number of ether oxygens (including phenoxy) is 1. The molecule has 1 aliphatic heterocycles. The molecular formula is C16H22N2O3. The molecule has 0 aromatic heterocycles. The van der Waals surface area contributed by atoms with E-state index in [1.807, 2.05) is 18.2 Å². The summed E-state index contributed by atoms with van der Waals surface area (Å²) in [5.41, 5.74) is 2.45. The molecule has 0 saturated heterocycles. The zero-order valence-electron chi connectivity index (χ0n) is 12.5. The van der Waals surface area contributed by atoms with Gasteiger partial charge in [0.15, 0.2) is 6.10 Å². The zero-order valence-corrected chi connectivity index (χ0v) is 12.5. The van der Waals surface area contributed by atoms with Crippen molar-refractivity contribution in [1.29, 1.82) is 0 Å². The molecule has 1 aromatic carbocycles. The second-order valence-corrected chi connectivity index (χ2v) is 5.93. The molecule has 21 heavy (non-hydrogen) atoms. The van der Waals surface area contributed by atoms with Crippen LogP contribution in [0.3, 0.4) is 0 Å². The summed E-state index contributed by atoms with van der Waals surface area (Å²) in [7, 11) is 1.71. The maximum Gasteiger partial charge on any atom is 0.257 e. The van der Waals surface area contributed by atoms with Crippen molar-refractivity contribution in [2.75, 3.05) is 30.5 Å². The third kappa shape index (κ3) is 2.76. The number of methoxy groups -OCH3 is 1. The Labute approximate surface area is 124 Å². The predicted octanol–water partition coefficient (Wildman–Crippen LogP) is 1.92. The van der Waals surface area contributed by atoms with Gasteiger partial charge in [0.1, 0.15) is 0 Å². The first-order valence-electron chi connectivity index (χ1n) is 7.50. The SMILES string of the molecule is COCCN(c1ccc2c(c1)NC(=O)C2O)C(C)C1CC1. The van der Waals surface area contributed by atoms with E-state index in [-0.39, 0.29) is 5.91 Å². The van der Waals surface area contributed by atoms with Crippen molar-refractivity contribution in [3.05, 3.63) is 23.8 Å². The van der Waals surface area contributed by atoms with Crippen molar-refractivity contribution in [1.82, 2.24) is 0 Å². The molecule has 3 rings (SSSR count). The number of hydrogen-bond donors (Lipinski definition) is 2. The average molecular weight is 290 g/mol. The van der Waals surface area contributed by atoms with Crippen molar-refractivity contribution in [3.8, 4) is 0 Å². The van der Waals surface area contributed by atoms with E-state index in [4.69, 9.17) is 4.74 Å². The molecule has 2 atom stereocenters. The molecule has 2 N–H and O–H groups in total. The van der Waals surface area contributed by atoms with Gasteiger partial charge in [-0.15, -0.1) is 0 Å². The van der Waals surface area contributed by atoms with Crippen LogP contribution in [0.5, 0.6) is 0 Å². The first-order chi connectivity index (χ1) is 10.1. The minimum Gasteiger partial charge on any atom is -0.383 e. The highest BCUT2D eigenvalue weighted by molar-refractivity contribution is 6.02. The van der Waals surface area contributed by atoms with Crippen LogP contribution in [-0.4, -0.2) is 37.3 Å². The van der Waals surface area contributed by atoms with Crippen LogP contribution in [0.1, 0.15) is 31.4 Å². The summed E-state index contributed by atoms with van der Waals surface area (Å²) in [5, 5.41) is 12.5. The number of aliphatic hydroxyl groups is 1. The summed E-state index contributed by atoms with van der Waals surface area (Å²) in [4.78, 5) is 13.9. The van der Waals surface area contributed by atoms with Gasteiger partial charge in [0.05, 0.1) is 6.61 Å². The lowest BCUT2D eigenvalue weighted by atomic mass is 10.1. The lowest BCUT2D eigenvalue weighted by molar-refractivity contribution is -0.123. The summed E-state index contributed by atoms with van der Waals surface area (Å²) >= 11 is 0. The maximum absolute atomic E-state index is 11.5. The average Bonchev–Trinajstić information content (AvgIpc) is 3.27. The van der Waals surface area contributed by atoms with Gasteiger partial charge in [0.25, 0.3) is 5.91 Å². The summed E-state index contributed by atoms with van der Waals surface area (Å²) in [5.74, 6) is 0.399. The Hall–Kier alpha value is -1.59. The molecule has 114 valence electrons. The van der Waals surface area contributed by atoms with E-state index in [2.05, 4.69) is 17.1 Å². The molecule has 1 aliphatic carbocycles. The summed E-state index contributed by atoms with van der Waals surface area (Å²) < 4.78 is 5.22. The van der Waals surface area contributed by atoms with E-state index >= 15 is 0 Å². The van der Waals surface area contributed by atoms with Crippen LogP contribution in [0, 0.1) is 5.92 Å². The molecule has 0 spiro atoms. The number of hydrogen-bond acceptors (Lipinski definition) is 4. The van der Waals surface area contributed by atoms with Crippen LogP contribution >= 0.6 is 0 Å². The van der Waals surface area contributed by atoms with Crippen LogP contribution < -0.4 is 10.2 Å². The largest absolute Gasteiger partial charge is 0.383 e. The third-order valence-electron chi connectivity index (χ3n) is 4.50. The first kappa shape index (κ1) is 14.4. The van der Waals surface area contributed by atoms with Crippen molar-refractivity contribution < 1.29 is 14.6 Å². The van der Waals surface area contributed by atoms with Crippen molar-refractivity contribution in [2.45, 2.75) is 31.9 Å². The smallest absolute Gasteiger partial charge is 0.257 e. The van der Waals surface area contributed by atoms with Crippen LogP contribution in [-0.2, 0) is 9.53 Å². The number of benzene rings is 1. The number of anilines is 2. The van der Waals surface area contributed by atoms with Gasteiger partial charge in [-0.2, -0.15) is 0 Å². The highest BCUT2D eigenvalue weighted by atomic mass is 16.5. The summed E-state index contributed by atoms with van der Waals surface area (Å²) in [6, 6.07) is 6.24. The van der Waals surface area contributed by atoms with Gasteiger partial charge < -0.3 is 20.1 Å². The van der Waals surface area contributed by atoms with Gasteiger partial charge >= 0.3 is 0 Å². The van der Waals surface area contributed by atoms with Gasteiger partial charge in [0.2, 0.25) is 0 Å². The molecule has 0 radical (unpaired) electrons. The molecule has 1 aromatic rings. The monoisotopic (exact) mass is 290 g/mol. The quantitative estimate of drug-likeness (QED) is 0.840. The highest BCUT2D eigenvalue weighted by Gasteiger charge is 2.33. The lowest BCUT2D eigenvalue weighted by Crippen LogP contribution is -2.37. The molecule has 1 fully saturated rings. The second-order valence-electron chi connectivity index (χ2n) is 5.93.